The molecule has 1 aromatic carbocycles. The van der Waals surface area contributed by atoms with Crippen LogP contribution in [-0.2, 0) is 0 Å². The van der Waals surface area contributed by atoms with E-state index < -0.39 is 0 Å². The normalized spacial score (nSPS) is 14.0. The van der Waals surface area contributed by atoms with Gasteiger partial charge in [0.1, 0.15) is 11.5 Å². The summed E-state index contributed by atoms with van der Waals surface area (Å²) in [5.74, 6) is -0.00758. The maximum absolute atomic E-state index is 13.9. The molecule has 0 saturated carbocycles. The smallest absolute Gasteiger partial charge is 0.137 e. The van der Waals surface area contributed by atoms with Gasteiger partial charge in [-0.1, -0.05) is 69.9 Å². The Hall–Kier alpha value is -3.66. The highest BCUT2D eigenvalue weighted by Crippen LogP contribution is 2.39. The molecule has 3 nitrogen and oxygen atoms in total. The maximum Gasteiger partial charge on any atom is 0.137 e. The molecule has 1 unspecified atom stereocenters. The molecule has 2 aromatic heterocycles. The summed E-state index contributed by atoms with van der Waals surface area (Å²) in [5.41, 5.74) is 6.30. The second-order valence-electron chi connectivity index (χ2n) is 8.57. The number of rotatable bonds is 11. The van der Waals surface area contributed by atoms with Gasteiger partial charge in [-0.25, -0.2) is 9.37 Å². The minimum absolute atomic E-state index is 0.231. The SMILES string of the molecule is C=CN(CC(/C=C/CC)=C/C=C\C)/C(=C(/c1ccc(F)cc1)C(C)CC)c1ccnc2[nH]ccc12. The summed E-state index contributed by atoms with van der Waals surface area (Å²) in [4.78, 5) is 9.96. The van der Waals surface area contributed by atoms with Crippen LogP contribution in [0.2, 0.25) is 0 Å². The van der Waals surface area contributed by atoms with E-state index >= 15 is 0 Å². The topological polar surface area (TPSA) is 31.9 Å². The third kappa shape index (κ3) is 6.27. The van der Waals surface area contributed by atoms with Crippen molar-refractivity contribution in [3.63, 3.8) is 0 Å². The highest BCUT2D eigenvalue weighted by Gasteiger charge is 2.23. The molecule has 0 bridgehead atoms. The number of pyridine rings is 1. The molecule has 3 rings (SSSR count). The number of benzene rings is 1. The Kier molecular flexibility index (Phi) is 9.42. The van der Waals surface area contributed by atoms with Crippen LogP contribution >= 0.6 is 0 Å². The number of allylic oxidation sites excluding steroid dienone is 5. The predicted molar refractivity (Wildman–Crippen MR) is 148 cm³/mol. The third-order valence-corrected chi connectivity index (χ3v) is 6.16. The molecule has 0 aliphatic rings. The molecule has 0 saturated heterocycles. The van der Waals surface area contributed by atoms with E-state index in [4.69, 9.17) is 0 Å². The molecular formula is C31H36FN3. The fourth-order valence-corrected chi connectivity index (χ4v) is 4.19. The van der Waals surface area contributed by atoms with Crippen LogP contribution < -0.4 is 0 Å². The van der Waals surface area contributed by atoms with Gasteiger partial charge in [0.2, 0.25) is 0 Å². The van der Waals surface area contributed by atoms with E-state index in [0.29, 0.717) is 6.54 Å². The summed E-state index contributed by atoms with van der Waals surface area (Å²) < 4.78 is 13.9. The van der Waals surface area contributed by atoms with Crippen molar-refractivity contribution in [3.05, 3.63) is 114 Å². The number of hydrogen-bond donors (Lipinski definition) is 1. The van der Waals surface area contributed by atoms with Crippen LogP contribution in [0.25, 0.3) is 22.3 Å². The number of nitrogens with zero attached hydrogens (tertiary/aromatic N) is 2. The van der Waals surface area contributed by atoms with Crippen LogP contribution in [-0.4, -0.2) is 21.4 Å². The first-order valence-corrected chi connectivity index (χ1v) is 12.3. The van der Waals surface area contributed by atoms with Gasteiger partial charge in [-0.05, 0) is 72.9 Å². The van der Waals surface area contributed by atoms with Crippen molar-refractivity contribution in [2.45, 2.75) is 40.5 Å². The summed E-state index contributed by atoms with van der Waals surface area (Å²) in [7, 11) is 0. The largest absolute Gasteiger partial charge is 0.346 e. The Balaban J connectivity index is 2.33. The molecule has 4 heteroatoms. The van der Waals surface area contributed by atoms with Crippen molar-refractivity contribution < 1.29 is 4.39 Å². The third-order valence-electron chi connectivity index (χ3n) is 6.16. The van der Waals surface area contributed by atoms with Crippen molar-refractivity contribution in [1.29, 1.82) is 0 Å². The number of H-pyrrole nitrogens is 1. The minimum Gasteiger partial charge on any atom is -0.346 e. The second-order valence-corrected chi connectivity index (χ2v) is 8.57. The van der Waals surface area contributed by atoms with Crippen LogP contribution in [0.3, 0.4) is 0 Å². The molecule has 0 aliphatic carbocycles. The van der Waals surface area contributed by atoms with E-state index in [9.17, 15) is 4.39 Å². The molecule has 1 atom stereocenters. The van der Waals surface area contributed by atoms with Gasteiger partial charge in [-0.15, -0.1) is 0 Å². The Morgan fingerprint density at radius 1 is 1.17 bits per heavy atom. The quantitative estimate of drug-likeness (QED) is 0.285. The Labute approximate surface area is 209 Å². The lowest BCUT2D eigenvalue weighted by Gasteiger charge is -2.30. The maximum atomic E-state index is 13.9. The summed E-state index contributed by atoms with van der Waals surface area (Å²) in [6.07, 6.45) is 18.1. The molecule has 1 N–H and O–H groups in total. The van der Waals surface area contributed by atoms with Crippen LogP contribution in [0.1, 0.15) is 51.7 Å². The fraction of sp³-hybridized carbons (Fsp3) is 0.258. The van der Waals surface area contributed by atoms with Crippen LogP contribution in [0, 0.1) is 11.7 Å². The molecule has 2 heterocycles. The van der Waals surface area contributed by atoms with Crippen LogP contribution in [0.4, 0.5) is 4.39 Å². The van der Waals surface area contributed by atoms with E-state index in [1.54, 1.807) is 0 Å². The molecule has 0 radical (unpaired) electrons. The van der Waals surface area contributed by atoms with E-state index in [2.05, 4.69) is 78.7 Å². The van der Waals surface area contributed by atoms with Crippen LogP contribution in [0.15, 0.2) is 97.5 Å². The van der Waals surface area contributed by atoms with Crippen molar-refractivity contribution in [1.82, 2.24) is 14.9 Å². The van der Waals surface area contributed by atoms with Gasteiger partial charge in [-0.2, -0.15) is 0 Å². The Morgan fingerprint density at radius 2 is 1.94 bits per heavy atom. The lowest BCUT2D eigenvalue weighted by Crippen LogP contribution is -2.21. The highest BCUT2D eigenvalue weighted by atomic mass is 19.1. The van der Waals surface area contributed by atoms with Crippen molar-refractivity contribution in [2.24, 2.45) is 5.92 Å². The summed E-state index contributed by atoms with van der Waals surface area (Å²) in [5, 5.41) is 1.04. The first-order chi connectivity index (χ1) is 17.0. The zero-order valence-electron chi connectivity index (χ0n) is 21.3. The van der Waals surface area contributed by atoms with Gasteiger partial charge in [0.05, 0.1) is 5.70 Å². The van der Waals surface area contributed by atoms with Crippen molar-refractivity contribution >= 4 is 22.3 Å². The average Bonchev–Trinajstić information content (AvgIpc) is 3.37. The number of halogens is 1. The summed E-state index contributed by atoms with van der Waals surface area (Å²) in [6, 6.07) is 10.9. The minimum atomic E-state index is -0.238. The van der Waals surface area contributed by atoms with Crippen molar-refractivity contribution in [2.75, 3.05) is 6.54 Å². The molecule has 0 fully saturated rings. The number of aromatic nitrogens is 2. The lowest BCUT2D eigenvalue weighted by atomic mass is 9.87. The van der Waals surface area contributed by atoms with Gasteiger partial charge >= 0.3 is 0 Å². The van der Waals surface area contributed by atoms with E-state index in [0.717, 1.165) is 46.3 Å². The number of hydrogen-bond acceptors (Lipinski definition) is 2. The molecule has 182 valence electrons. The zero-order valence-corrected chi connectivity index (χ0v) is 21.3. The van der Waals surface area contributed by atoms with Gasteiger partial charge in [0.25, 0.3) is 0 Å². The standard InChI is InChI=1S/C31H36FN3/c1-6-10-12-24(13-11-7-2)22-35(9-4)30(27-18-20-33-31-28(27)19-21-34-31)29(23(5)8-3)25-14-16-26(32)17-15-25/h6,9-21,23H,4,7-8,22H2,1-3,5H3,(H,33,34)/b10-6-,13-11+,24-12+,30-29+. The summed E-state index contributed by atoms with van der Waals surface area (Å²) >= 11 is 0. The molecule has 35 heavy (non-hydrogen) atoms. The zero-order chi connectivity index (χ0) is 25.2. The van der Waals surface area contributed by atoms with Gasteiger partial charge in [0, 0.05) is 29.9 Å². The number of aromatic amines is 1. The van der Waals surface area contributed by atoms with E-state index in [-0.39, 0.29) is 11.7 Å². The van der Waals surface area contributed by atoms with Crippen molar-refractivity contribution in [3.8, 4) is 0 Å². The first kappa shape index (κ1) is 26.0. The van der Waals surface area contributed by atoms with Gasteiger partial charge < -0.3 is 9.88 Å². The molecule has 0 amide bonds. The van der Waals surface area contributed by atoms with E-state index in [1.807, 2.05) is 43.7 Å². The molecule has 3 aromatic rings. The predicted octanol–water partition coefficient (Wildman–Crippen LogP) is 8.53. The first-order valence-electron chi connectivity index (χ1n) is 12.3. The summed E-state index contributed by atoms with van der Waals surface area (Å²) in [6.45, 7) is 13.4. The Bertz CT molecular complexity index is 1240. The highest BCUT2D eigenvalue weighted by molar-refractivity contribution is 5.99. The molecule has 0 aliphatic heterocycles. The average molecular weight is 470 g/mol. The lowest BCUT2D eigenvalue weighted by molar-refractivity contribution is 0.578. The van der Waals surface area contributed by atoms with E-state index in [1.165, 1.54) is 17.7 Å². The number of fused-ring (bicyclic) bond motifs is 1. The molecular weight excluding hydrogens is 433 g/mol. The fourth-order valence-electron chi connectivity index (χ4n) is 4.19. The van der Waals surface area contributed by atoms with Gasteiger partial charge in [-0.3, -0.25) is 0 Å². The molecule has 0 spiro atoms. The number of nitrogens with one attached hydrogen (secondary N) is 1. The second kappa shape index (κ2) is 12.7. The van der Waals surface area contributed by atoms with Gasteiger partial charge in [0.15, 0.2) is 0 Å². The monoisotopic (exact) mass is 469 g/mol. The van der Waals surface area contributed by atoms with Crippen LogP contribution in [0.5, 0.6) is 0 Å². The Morgan fingerprint density at radius 3 is 2.60 bits per heavy atom.